The molecule has 0 fully saturated rings. The van der Waals surface area contributed by atoms with Crippen molar-refractivity contribution >= 4 is 0 Å². The lowest BCUT2D eigenvalue weighted by molar-refractivity contribution is 0.509. The summed E-state index contributed by atoms with van der Waals surface area (Å²) in [6, 6.07) is 2.64. The molecule has 0 aliphatic rings. The van der Waals surface area contributed by atoms with Crippen LogP contribution in [0.5, 0.6) is 0 Å². The monoisotopic (exact) mass is 152 g/mol. The van der Waals surface area contributed by atoms with E-state index in [1.807, 2.05) is 6.92 Å². The second-order valence-corrected chi connectivity index (χ2v) is 3.17. The van der Waals surface area contributed by atoms with Gasteiger partial charge in [-0.15, -0.1) is 0 Å². The van der Waals surface area contributed by atoms with Gasteiger partial charge in [0, 0.05) is 11.7 Å². The van der Waals surface area contributed by atoms with Crippen molar-refractivity contribution in [2.45, 2.75) is 40.2 Å². The highest BCUT2D eigenvalue weighted by Crippen LogP contribution is 2.10. The quantitative estimate of drug-likeness (QED) is 0.636. The molecule has 2 heteroatoms. The van der Waals surface area contributed by atoms with Crippen LogP contribution in [-0.4, -0.2) is 9.78 Å². The second-order valence-electron chi connectivity index (χ2n) is 3.17. The third kappa shape index (κ3) is 1.62. The fourth-order valence-corrected chi connectivity index (χ4v) is 1.28. The second kappa shape index (κ2) is 3.07. The lowest BCUT2D eigenvalue weighted by Crippen LogP contribution is -2.06. The maximum absolute atomic E-state index is 4.40. The third-order valence-corrected chi connectivity index (χ3v) is 1.79. The Bertz CT molecular complexity index is 236. The molecule has 0 amide bonds. The van der Waals surface area contributed by atoms with Crippen LogP contribution in [0.25, 0.3) is 0 Å². The SMILES string of the molecule is CCc1cc(C)nn1C(C)C. The van der Waals surface area contributed by atoms with Crippen molar-refractivity contribution in [2.75, 3.05) is 0 Å². The van der Waals surface area contributed by atoms with E-state index in [1.54, 1.807) is 0 Å². The molecular formula is C9H16N2. The van der Waals surface area contributed by atoms with E-state index >= 15 is 0 Å². The molecule has 0 radical (unpaired) electrons. The molecule has 0 saturated carbocycles. The number of nitrogens with zero attached hydrogens (tertiary/aromatic N) is 2. The number of aryl methyl sites for hydroxylation is 2. The van der Waals surface area contributed by atoms with Crippen molar-refractivity contribution in [1.29, 1.82) is 0 Å². The van der Waals surface area contributed by atoms with E-state index in [4.69, 9.17) is 0 Å². The first-order valence-corrected chi connectivity index (χ1v) is 4.20. The van der Waals surface area contributed by atoms with Gasteiger partial charge >= 0.3 is 0 Å². The Morgan fingerprint density at radius 3 is 2.55 bits per heavy atom. The zero-order chi connectivity index (χ0) is 8.43. The summed E-state index contributed by atoms with van der Waals surface area (Å²) in [5.41, 5.74) is 2.45. The van der Waals surface area contributed by atoms with Crippen LogP contribution in [0.15, 0.2) is 6.07 Å². The zero-order valence-corrected chi connectivity index (χ0v) is 7.76. The first kappa shape index (κ1) is 8.31. The molecule has 0 unspecified atom stereocenters. The van der Waals surface area contributed by atoms with Gasteiger partial charge in [0.25, 0.3) is 0 Å². The third-order valence-electron chi connectivity index (χ3n) is 1.79. The smallest absolute Gasteiger partial charge is 0.0596 e. The van der Waals surface area contributed by atoms with E-state index in [1.165, 1.54) is 5.69 Å². The summed E-state index contributed by atoms with van der Waals surface area (Å²) in [5.74, 6) is 0. The predicted molar refractivity (Wildman–Crippen MR) is 46.7 cm³/mol. The minimum Gasteiger partial charge on any atom is -0.267 e. The van der Waals surface area contributed by atoms with Gasteiger partial charge in [-0.1, -0.05) is 6.92 Å². The maximum Gasteiger partial charge on any atom is 0.0596 e. The van der Waals surface area contributed by atoms with Crippen LogP contribution in [0.1, 0.15) is 38.2 Å². The summed E-state index contributed by atoms with van der Waals surface area (Å²) < 4.78 is 2.09. The Kier molecular flexibility index (Phi) is 2.32. The van der Waals surface area contributed by atoms with Crippen LogP contribution in [0.2, 0.25) is 0 Å². The minimum absolute atomic E-state index is 0.485. The number of hydrogen-bond donors (Lipinski definition) is 0. The van der Waals surface area contributed by atoms with Gasteiger partial charge < -0.3 is 0 Å². The molecule has 1 heterocycles. The van der Waals surface area contributed by atoms with Crippen molar-refractivity contribution in [3.63, 3.8) is 0 Å². The topological polar surface area (TPSA) is 17.8 Å². The summed E-state index contributed by atoms with van der Waals surface area (Å²) >= 11 is 0. The van der Waals surface area contributed by atoms with Gasteiger partial charge in [0.05, 0.1) is 5.69 Å². The summed E-state index contributed by atoms with van der Waals surface area (Å²) in [6.07, 6.45) is 1.07. The Balaban J connectivity index is 3.02. The summed E-state index contributed by atoms with van der Waals surface area (Å²) in [7, 11) is 0. The fourth-order valence-electron chi connectivity index (χ4n) is 1.28. The van der Waals surface area contributed by atoms with E-state index in [0.717, 1.165) is 12.1 Å². The molecule has 0 bridgehead atoms. The van der Waals surface area contributed by atoms with Crippen LogP contribution in [0.4, 0.5) is 0 Å². The normalized spacial score (nSPS) is 11.0. The van der Waals surface area contributed by atoms with Gasteiger partial charge in [-0.05, 0) is 33.3 Å². The Labute approximate surface area is 68.2 Å². The van der Waals surface area contributed by atoms with Crippen LogP contribution < -0.4 is 0 Å². The summed E-state index contributed by atoms with van der Waals surface area (Å²) in [5, 5.41) is 4.40. The largest absolute Gasteiger partial charge is 0.267 e. The molecule has 1 aromatic heterocycles. The molecule has 1 aromatic rings. The molecule has 0 aliphatic heterocycles. The molecule has 11 heavy (non-hydrogen) atoms. The highest BCUT2D eigenvalue weighted by Gasteiger charge is 2.05. The van der Waals surface area contributed by atoms with Crippen LogP contribution >= 0.6 is 0 Å². The maximum atomic E-state index is 4.40. The van der Waals surface area contributed by atoms with Gasteiger partial charge in [-0.25, -0.2) is 0 Å². The van der Waals surface area contributed by atoms with E-state index in [2.05, 4.69) is 36.6 Å². The first-order valence-electron chi connectivity index (χ1n) is 4.20. The Morgan fingerprint density at radius 2 is 2.18 bits per heavy atom. The highest BCUT2D eigenvalue weighted by atomic mass is 15.3. The standard InChI is InChI=1S/C9H16N2/c1-5-9-6-8(4)10-11(9)7(2)3/h6-7H,5H2,1-4H3. The van der Waals surface area contributed by atoms with Gasteiger partial charge in [-0.2, -0.15) is 5.10 Å². The average Bonchev–Trinajstić information content (AvgIpc) is 2.30. The van der Waals surface area contributed by atoms with Gasteiger partial charge in [0.2, 0.25) is 0 Å². The fraction of sp³-hybridized carbons (Fsp3) is 0.667. The number of rotatable bonds is 2. The van der Waals surface area contributed by atoms with Gasteiger partial charge in [0.15, 0.2) is 0 Å². The van der Waals surface area contributed by atoms with Crippen LogP contribution in [-0.2, 0) is 6.42 Å². The van der Waals surface area contributed by atoms with Crippen molar-refractivity contribution in [2.24, 2.45) is 0 Å². The van der Waals surface area contributed by atoms with Crippen LogP contribution in [0, 0.1) is 6.92 Å². The number of hydrogen-bond acceptors (Lipinski definition) is 1. The van der Waals surface area contributed by atoms with Crippen molar-refractivity contribution in [3.8, 4) is 0 Å². The molecule has 0 N–H and O–H groups in total. The first-order chi connectivity index (χ1) is 5.15. The average molecular weight is 152 g/mol. The van der Waals surface area contributed by atoms with Gasteiger partial charge in [0.1, 0.15) is 0 Å². The predicted octanol–water partition coefficient (Wildman–Crippen LogP) is 2.33. The van der Waals surface area contributed by atoms with Crippen molar-refractivity contribution in [3.05, 3.63) is 17.5 Å². The minimum atomic E-state index is 0.485. The van der Waals surface area contributed by atoms with Crippen molar-refractivity contribution in [1.82, 2.24) is 9.78 Å². The molecule has 0 aliphatic carbocycles. The molecule has 0 aromatic carbocycles. The molecule has 0 spiro atoms. The number of aromatic nitrogens is 2. The van der Waals surface area contributed by atoms with E-state index in [-0.39, 0.29) is 0 Å². The summed E-state index contributed by atoms with van der Waals surface area (Å²) in [4.78, 5) is 0. The molecule has 0 saturated heterocycles. The molecular weight excluding hydrogens is 136 g/mol. The molecule has 1 rings (SSSR count). The van der Waals surface area contributed by atoms with Crippen molar-refractivity contribution < 1.29 is 0 Å². The van der Waals surface area contributed by atoms with Gasteiger partial charge in [-0.3, -0.25) is 4.68 Å². The Hall–Kier alpha value is -0.790. The van der Waals surface area contributed by atoms with E-state index < -0.39 is 0 Å². The van der Waals surface area contributed by atoms with E-state index in [0.29, 0.717) is 6.04 Å². The summed E-state index contributed by atoms with van der Waals surface area (Å²) in [6.45, 7) is 8.52. The Morgan fingerprint density at radius 1 is 1.55 bits per heavy atom. The van der Waals surface area contributed by atoms with E-state index in [9.17, 15) is 0 Å². The lowest BCUT2D eigenvalue weighted by Gasteiger charge is -2.08. The zero-order valence-electron chi connectivity index (χ0n) is 7.76. The highest BCUT2D eigenvalue weighted by molar-refractivity contribution is 5.09. The molecule has 62 valence electrons. The molecule has 0 atom stereocenters. The lowest BCUT2D eigenvalue weighted by atomic mass is 10.3. The van der Waals surface area contributed by atoms with Crippen LogP contribution in [0.3, 0.4) is 0 Å². The molecule has 2 nitrogen and oxygen atoms in total.